The Kier molecular flexibility index (Phi) is 10.4. The van der Waals surface area contributed by atoms with E-state index < -0.39 is 0 Å². The second-order valence-corrected chi connectivity index (χ2v) is 7.20. The monoisotopic (exact) mass is 402 g/mol. The average molecular weight is 403 g/mol. The Morgan fingerprint density at radius 2 is 1.86 bits per heavy atom. The number of rotatable bonds is 7. The zero-order valence-corrected chi connectivity index (χ0v) is 18.7. The Balaban J connectivity index is 0.000000960. The molecule has 2 rings (SSSR count). The van der Waals surface area contributed by atoms with Crippen molar-refractivity contribution in [1.29, 1.82) is 5.41 Å². The number of benzene rings is 1. The molecule has 0 saturated heterocycles. The number of aliphatic imine (C=N–C) groups is 1. The highest BCUT2D eigenvalue weighted by molar-refractivity contribution is 6.45. The molecule has 0 atom stereocenters. The van der Waals surface area contributed by atoms with Gasteiger partial charge in [0.25, 0.3) is 5.91 Å². The average Bonchev–Trinajstić information content (AvgIpc) is 2.70. The highest BCUT2D eigenvalue weighted by Crippen LogP contribution is 2.26. The van der Waals surface area contributed by atoms with Crippen LogP contribution in [0.4, 0.5) is 5.69 Å². The number of hydrogen-bond donors (Lipinski definition) is 3. The molecule has 0 heterocycles. The molecule has 0 radical (unpaired) electrons. The zero-order valence-electron chi connectivity index (χ0n) is 18.7. The van der Waals surface area contributed by atoms with Crippen LogP contribution in [0.25, 0.3) is 0 Å². The number of carbonyl (C=O) groups excluding carboxylic acids is 1. The number of nitrogens with zero attached hydrogens (tertiary/aromatic N) is 3. The van der Waals surface area contributed by atoms with Crippen molar-refractivity contribution in [2.24, 2.45) is 10.7 Å². The van der Waals surface area contributed by atoms with Crippen molar-refractivity contribution >= 4 is 23.1 Å². The molecule has 1 amide bonds. The van der Waals surface area contributed by atoms with Gasteiger partial charge in [-0.1, -0.05) is 13.0 Å². The van der Waals surface area contributed by atoms with Crippen LogP contribution in [0.1, 0.15) is 57.6 Å². The van der Waals surface area contributed by atoms with Gasteiger partial charge in [0.2, 0.25) is 0 Å². The van der Waals surface area contributed by atoms with Crippen molar-refractivity contribution in [2.75, 3.05) is 39.5 Å². The Morgan fingerprint density at radius 3 is 2.24 bits per heavy atom. The summed E-state index contributed by atoms with van der Waals surface area (Å²) in [6.07, 6.45) is 4.31. The van der Waals surface area contributed by atoms with Crippen LogP contribution in [0.5, 0.6) is 0 Å². The van der Waals surface area contributed by atoms with Gasteiger partial charge in [-0.2, -0.15) is 0 Å². The summed E-state index contributed by atoms with van der Waals surface area (Å²) < 4.78 is 0. The van der Waals surface area contributed by atoms with Gasteiger partial charge in [-0.05, 0) is 58.2 Å². The number of hydrogen-bond acceptors (Lipinski definition) is 5. The van der Waals surface area contributed by atoms with E-state index in [4.69, 9.17) is 16.9 Å². The molecule has 1 saturated carbocycles. The molecule has 1 aliphatic carbocycles. The third-order valence-corrected chi connectivity index (χ3v) is 5.25. The molecule has 29 heavy (non-hydrogen) atoms. The van der Waals surface area contributed by atoms with Gasteiger partial charge < -0.3 is 21.3 Å². The molecule has 0 unspecified atom stereocenters. The smallest absolute Gasteiger partial charge is 0.272 e. The molecule has 1 aliphatic rings. The van der Waals surface area contributed by atoms with E-state index in [-0.39, 0.29) is 17.7 Å². The lowest BCUT2D eigenvalue weighted by molar-refractivity contribution is -0.127. The summed E-state index contributed by atoms with van der Waals surface area (Å²) in [5.74, 6) is 0.602. The van der Waals surface area contributed by atoms with E-state index >= 15 is 0 Å². The lowest BCUT2D eigenvalue weighted by Gasteiger charge is -2.37. The number of amidine groups is 1. The van der Waals surface area contributed by atoms with Crippen LogP contribution < -0.4 is 11.5 Å². The van der Waals surface area contributed by atoms with Crippen molar-refractivity contribution in [3.8, 4) is 0 Å². The molecule has 0 bridgehead atoms. The van der Waals surface area contributed by atoms with Gasteiger partial charge in [-0.25, -0.2) is 0 Å². The number of likely N-dealkylation sites (N-methyl/N-ethyl adjacent to an activating group) is 1. The summed E-state index contributed by atoms with van der Waals surface area (Å²) in [5.41, 5.74) is 13.0. The largest absolute Gasteiger partial charge is 0.398 e. The fraction of sp³-hybridized carbons (Fsp3) is 0.591. The second-order valence-electron chi connectivity index (χ2n) is 7.20. The molecular formula is C22H38N6O. The third-order valence-electron chi connectivity index (χ3n) is 5.25. The van der Waals surface area contributed by atoms with E-state index in [0.29, 0.717) is 17.8 Å². The van der Waals surface area contributed by atoms with Crippen molar-refractivity contribution in [3.05, 3.63) is 29.3 Å². The minimum atomic E-state index is -0.235. The number of nitrogen functional groups attached to an aromatic ring is 1. The van der Waals surface area contributed by atoms with Crippen LogP contribution in [0, 0.1) is 5.41 Å². The summed E-state index contributed by atoms with van der Waals surface area (Å²) in [4.78, 5) is 20.8. The summed E-state index contributed by atoms with van der Waals surface area (Å²) in [5, 5.41) is 8.33. The van der Waals surface area contributed by atoms with E-state index in [0.717, 1.165) is 50.2 Å². The SMILES string of the molecule is CCCN.CCN(C)C(=NC)c1ccc(C(=N)C(=O)N(CC)C2CCC2)c(N)c1. The normalized spacial score (nSPS) is 13.8. The molecule has 7 heteroatoms. The van der Waals surface area contributed by atoms with E-state index in [1.807, 2.05) is 24.9 Å². The third kappa shape index (κ3) is 6.29. The summed E-state index contributed by atoms with van der Waals surface area (Å²) >= 11 is 0. The van der Waals surface area contributed by atoms with Gasteiger partial charge in [0.15, 0.2) is 0 Å². The predicted molar refractivity (Wildman–Crippen MR) is 123 cm³/mol. The lowest BCUT2D eigenvalue weighted by atomic mass is 9.90. The fourth-order valence-electron chi connectivity index (χ4n) is 3.12. The topological polar surface area (TPSA) is 112 Å². The first-order chi connectivity index (χ1) is 13.9. The quantitative estimate of drug-likeness (QED) is 0.370. The van der Waals surface area contributed by atoms with Crippen LogP contribution >= 0.6 is 0 Å². The molecule has 1 aromatic rings. The minimum Gasteiger partial charge on any atom is -0.398 e. The highest BCUT2D eigenvalue weighted by Gasteiger charge is 2.30. The number of nitrogens with one attached hydrogen (secondary N) is 1. The van der Waals surface area contributed by atoms with Crippen molar-refractivity contribution in [2.45, 2.75) is 52.5 Å². The van der Waals surface area contributed by atoms with Gasteiger partial charge in [0, 0.05) is 50.0 Å². The standard InChI is InChI=1S/C19H29N5O.C3H9N/c1-5-23(4)18(22-3)13-10-11-15(16(20)12-13)17(21)19(25)24(6-2)14-8-7-9-14;1-2-3-4/h10-12,14,21H,5-9,20H2,1-4H3;2-4H2,1H3. The van der Waals surface area contributed by atoms with Crippen LogP contribution in [0.15, 0.2) is 23.2 Å². The van der Waals surface area contributed by atoms with Crippen molar-refractivity contribution in [1.82, 2.24) is 9.80 Å². The molecule has 1 fully saturated rings. The Hall–Kier alpha value is -2.41. The maximum absolute atomic E-state index is 12.7. The summed E-state index contributed by atoms with van der Waals surface area (Å²) in [7, 11) is 3.71. The number of nitrogens with two attached hydrogens (primary N) is 2. The van der Waals surface area contributed by atoms with Crippen LogP contribution in [-0.4, -0.2) is 67.0 Å². The molecular weight excluding hydrogens is 364 g/mol. The molecule has 162 valence electrons. The van der Waals surface area contributed by atoms with Crippen LogP contribution in [0.2, 0.25) is 0 Å². The predicted octanol–water partition coefficient (Wildman–Crippen LogP) is 2.72. The van der Waals surface area contributed by atoms with E-state index in [1.165, 1.54) is 0 Å². The Morgan fingerprint density at radius 1 is 1.24 bits per heavy atom. The lowest BCUT2D eigenvalue weighted by Crippen LogP contribution is -2.47. The maximum atomic E-state index is 12.7. The summed E-state index contributed by atoms with van der Waals surface area (Å²) in [6.45, 7) is 8.34. The first-order valence-corrected chi connectivity index (χ1v) is 10.5. The van der Waals surface area contributed by atoms with Gasteiger partial charge in [0.05, 0.1) is 0 Å². The molecule has 1 aromatic carbocycles. The number of amides is 1. The Labute approximate surface area is 175 Å². The minimum absolute atomic E-state index is 0.0309. The summed E-state index contributed by atoms with van der Waals surface area (Å²) in [6, 6.07) is 5.71. The van der Waals surface area contributed by atoms with Crippen molar-refractivity contribution < 1.29 is 4.79 Å². The number of anilines is 1. The zero-order chi connectivity index (χ0) is 22.0. The van der Waals surface area contributed by atoms with Gasteiger partial charge in [-0.15, -0.1) is 0 Å². The number of carbonyl (C=O) groups is 1. The molecule has 0 spiro atoms. The van der Waals surface area contributed by atoms with Crippen LogP contribution in [-0.2, 0) is 4.79 Å². The first kappa shape index (κ1) is 24.6. The molecule has 7 nitrogen and oxygen atoms in total. The van der Waals surface area contributed by atoms with Gasteiger partial charge >= 0.3 is 0 Å². The second kappa shape index (κ2) is 12.2. The fourth-order valence-corrected chi connectivity index (χ4v) is 3.12. The molecule has 0 aliphatic heterocycles. The first-order valence-electron chi connectivity index (χ1n) is 10.5. The van der Waals surface area contributed by atoms with E-state index in [2.05, 4.69) is 18.8 Å². The molecule has 0 aromatic heterocycles. The molecule has 5 N–H and O–H groups in total. The maximum Gasteiger partial charge on any atom is 0.272 e. The van der Waals surface area contributed by atoms with Gasteiger partial charge in [-0.3, -0.25) is 15.2 Å². The van der Waals surface area contributed by atoms with Crippen LogP contribution in [0.3, 0.4) is 0 Å². The Bertz CT molecular complexity index is 709. The van der Waals surface area contributed by atoms with E-state index in [1.54, 1.807) is 24.1 Å². The van der Waals surface area contributed by atoms with Gasteiger partial charge in [0.1, 0.15) is 11.5 Å². The van der Waals surface area contributed by atoms with E-state index in [9.17, 15) is 4.79 Å². The van der Waals surface area contributed by atoms with Crippen molar-refractivity contribution in [3.63, 3.8) is 0 Å². The highest BCUT2D eigenvalue weighted by atomic mass is 16.2.